The van der Waals surface area contributed by atoms with E-state index in [1.165, 1.54) is 6.07 Å². The fourth-order valence-electron chi connectivity index (χ4n) is 3.18. The Kier molecular flexibility index (Phi) is 5.41. The minimum atomic E-state index is -0.870. The predicted molar refractivity (Wildman–Crippen MR) is 100 cm³/mol. The Morgan fingerprint density at radius 2 is 2.00 bits per heavy atom. The zero-order valence-corrected chi connectivity index (χ0v) is 15.7. The van der Waals surface area contributed by atoms with Crippen molar-refractivity contribution in [2.24, 2.45) is 0 Å². The van der Waals surface area contributed by atoms with Crippen molar-refractivity contribution in [3.05, 3.63) is 57.8 Å². The topological polar surface area (TPSA) is 42.2 Å². The van der Waals surface area contributed by atoms with Gasteiger partial charge >= 0.3 is 0 Å². The van der Waals surface area contributed by atoms with Gasteiger partial charge < -0.3 is 5.32 Å². The summed E-state index contributed by atoms with van der Waals surface area (Å²) in [4.78, 5) is 4.28. The van der Waals surface area contributed by atoms with Crippen molar-refractivity contribution in [2.75, 3.05) is 5.32 Å². The van der Waals surface area contributed by atoms with E-state index in [1.807, 2.05) is 13.8 Å². The number of nitrogens with zero attached hydrogens (tertiary/aromatic N) is 3. The molecule has 0 saturated carbocycles. The van der Waals surface area contributed by atoms with Crippen molar-refractivity contribution in [1.29, 1.82) is 0 Å². The van der Waals surface area contributed by atoms with E-state index >= 15 is 0 Å². The number of aryl methyl sites for hydroxylation is 2. The molecule has 0 saturated heterocycles. The van der Waals surface area contributed by atoms with Gasteiger partial charge in [-0.1, -0.05) is 18.2 Å². The van der Waals surface area contributed by atoms with E-state index in [0.717, 1.165) is 22.3 Å². The van der Waals surface area contributed by atoms with Crippen LogP contribution in [0.15, 0.2) is 24.3 Å². The number of fused-ring (bicyclic) bond motifs is 1. The SMILES string of the molecule is Cc1c(CCC(C)F)c(C)n2nc(Cl)nc(NCc3ccccc3F)c12. The molecule has 7 heteroatoms. The lowest BCUT2D eigenvalue weighted by Gasteiger charge is -2.09. The number of nitrogens with one attached hydrogen (secondary N) is 1. The molecule has 2 heterocycles. The Labute approximate surface area is 156 Å². The highest BCUT2D eigenvalue weighted by molar-refractivity contribution is 6.28. The number of anilines is 1. The Morgan fingerprint density at radius 3 is 2.69 bits per heavy atom. The molecule has 0 radical (unpaired) electrons. The number of alkyl halides is 1. The van der Waals surface area contributed by atoms with Gasteiger partial charge in [-0.3, -0.25) is 0 Å². The maximum Gasteiger partial charge on any atom is 0.243 e. The van der Waals surface area contributed by atoms with E-state index < -0.39 is 6.17 Å². The van der Waals surface area contributed by atoms with Gasteiger partial charge in [-0.25, -0.2) is 13.3 Å². The summed E-state index contributed by atoms with van der Waals surface area (Å²) < 4.78 is 28.9. The zero-order chi connectivity index (χ0) is 18.8. The number of hydrogen-bond acceptors (Lipinski definition) is 3. The third-order valence-corrected chi connectivity index (χ3v) is 4.74. The van der Waals surface area contributed by atoms with Gasteiger partial charge in [-0.05, 0) is 62.4 Å². The lowest BCUT2D eigenvalue weighted by molar-refractivity contribution is 0.341. The van der Waals surface area contributed by atoms with Crippen molar-refractivity contribution < 1.29 is 8.78 Å². The Bertz CT molecular complexity index is 937. The van der Waals surface area contributed by atoms with Crippen LogP contribution >= 0.6 is 11.6 Å². The fourth-order valence-corrected chi connectivity index (χ4v) is 3.34. The maximum atomic E-state index is 13.9. The van der Waals surface area contributed by atoms with Crippen LogP contribution in [0.4, 0.5) is 14.6 Å². The molecule has 0 bridgehead atoms. The first kappa shape index (κ1) is 18.6. The molecule has 1 aromatic carbocycles. The number of aromatic nitrogens is 3. The zero-order valence-electron chi connectivity index (χ0n) is 15.0. The van der Waals surface area contributed by atoms with Gasteiger partial charge in [0.25, 0.3) is 0 Å². The third kappa shape index (κ3) is 3.65. The number of benzene rings is 1. The minimum Gasteiger partial charge on any atom is -0.364 e. The van der Waals surface area contributed by atoms with Crippen LogP contribution in [0.2, 0.25) is 5.28 Å². The van der Waals surface area contributed by atoms with Crippen molar-refractivity contribution in [2.45, 2.75) is 46.3 Å². The number of hydrogen-bond donors (Lipinski definition) is 1. The molecule has 2 aromatic heterocycles. The molecule has 3 rings (SSSR count). The smallest absolute Gasteiger partial charge is 0.243 e. The molecule has 1 N–H and O–H groups in total. The van der Waals surface area contributed by atoms with Crippen LogP contribution in [-0.4, -0.2) is 20.8 Å². The summed E-state index contributed by atoms with van der Waals surface area (Å²) in [5.74, 6) is 0.255. The average molecular weight is 379 g/mol. The molecule has 0 aliphatic rings. The molecule has 0 spiro atoms. The van der Waals surface area contributed by atoms with Crippen LogP contribution in [0.25, 0.3) is 5.52 Å². The van der Waals surface area contributed by atoms with Crippen LogP contribution in [-0.2, 0) is 13.0 Å². The van der Waals surface area contributed by atoms with Crippen LogP contribution < -0.4 is 5.32 Å². The first-order valence-corrected chi connectivity index (χ1v) is 8.92. The number of rotatable bonds is 6. The highest BCUT2D eigenvalue weighted by Gasteiger charge is 2.19. The summed E-state index contributed by atoms with van der Waals surface area (Å²) in [7, 11) is 0. The second-order valence-electron chi connectivity index (χ2n) is 6.44. The monoisotopic (exact) mass is 378 g/mol. The van der Waals surface area contributed by atoms with Gasteiger partial charge in [0.2, 0.25) is 5.28 Å². The lowest BCUT2D eigenvalue weighted by atomic mass is 10.0. The molecular formula is C19H21ClF2N4. The minimum absolute atomic E-state index is 0.0945. The molecule has 0 aliphatic heterocycles. The number of halogens is 3. The predicted octanol–water partition coefficient (Wildman–Crippen LogP) is 5.04. The van der Waals surface area contributed by atoms with Crippen LogP contribution in [0.3, 0.4) is 0 Å². The van der Waals surface area contributed by atoms with Gasteiger partial charge in [0.15, 0.2) is 5.82 Å². The fraction of sp³-hybridized carbons (Fsp3) is 0.368. The van der Waals surface area contributed by atoms with Crippen molar-refractivity contribution in [3.63, 3.8) is 0 Å². The van der Waals surface area contributed by atoms with Gasteiger partial charge in [-0.2, -0.15) is 4.98 Å². The molecule has 1 atom stereocenters. The summed E-state index contributed by atoms with van der Waals surface area (Å²) in [6, 6.07) is 6.57. The van der Waals surface area contributed by atoms with E-state index in [2.05, 4.69) is 15.4 Å². The molecule has 26 heavy (non-hydrogen) atoms. The van der Waals surface area contributed by atoms with Crippen LogP contribution in [0.1, 0.15) is 35.7 Å². The Morgan fingerprint density at radius 1 is 1.27 bits per heavy atom. The molecule has 138 valence electrons. The standard InChI is InChI=1S/C19H21ClF2N4/c1-11(21)8-9-15-12(2)17-18(24-19(20)25-26(17)13(15)3)23-10-14-6-4-5-7-16(14)22/h4-7,11H,8-10H2,1-3H3,(H,23,24,25). The van der Waals surface area contributed by atoms with E-state index in [1.54, 1.807) is 29.6 Å². The molecule has 4 nitrogen and oxygen atoms in total. The summed E-state index contributed by atoms with van der Waals surface area (Å²) in [5, 5.41) is 7.54. The van der Waals surface area contributed by atoms with Crippen LogP contribution in [0.5, 0.6) is 0 Å². The summed E-state index contributed by atoms with van der Waals surface area (Å²) in [6.07, 6.45) is 0.186. The second kappa shape index (κ2) is 7.58. The highest BCUT2D eigenvalue weighted by atomic mass is 35.5. The highest BCUT2D eigenvalue weighted by Crippen LogP contribution is 2.29. The average Bonchev–Trinajstić information content (AvgIpc) is 2.82. The van der Waals surface area contributed by atoms with Crippen molar-refractivity contribution in [1.82, 2.24) is 14.6 Å². The summed E-state index contributed by atoms with van der Waals surface area (Å²) >= 11 is 6.08. The van der Waals surface area contributed by atoms with Crippen LogP contribution in [0, 0.1) is 19.7 Å². The van der Waals surface area contributed by atoms with E-state index in [9.17, 15) is 8.78 Å². The molecule has 1 unspecified atom stereocenters. The molecular weight excluding hydrogens is 358 g/mol. The van der Waals surface area contributed by atoms with E-state index in [4.69, 9.17) is 11.6 Å². The summed E-state index contributed by atoms with van der Waals surface area (Å²) in [5.41, 5.74) is 4.25. The van der Waals surface area contributed by atoms with Gasteiger partial charge in [-0.15, -0.1) is 5.10 Å². The normalized spacial score (nSPS) is 12.5. The Balaban J connectivity index is 1.99. The molecule has 3 aromatic rings. The Hall–Kier alpha value is -2.21. The largest absolute Gasteiger partial charge is 0.364 e. The van der Waals surface area contributed by atoms with Gasteiger partial charge in [0, 0.05) is 17.8 Å². The third-order valence-electron chi connectivity index (χ3n) is 4.58. The van der Waals surface area contributed by atoms with E-state index in [-0.39, 0.29) is 17.6 Å². The van der Waals surface area contributed by atoms with Gasteiger partial charge in [0.1, 0.15) is 11.3 Å². The first-order valence-electron chi connectivity index (χ1n) is 8.54. The quantitative estimate of drug-likeness (QED) is 0.653. The summed E-state index contributed by atoms with van der Waals surface area (Å²) in [6.45, 7) is 5.73. The molecule has 0 aliphatic carbocycles. The van der Waals surface area contributed by atoms with Crippen molar-refractivity contribution >= 4 is 22.9 Å². The maximum absolute atomic E-state index is 13.9. The van der Waals surface area contributed by atoms with Crippen molar-refractivity contribution in [3.8, 4) is 0 Å². The second-order valence-corrected chi connectivity index (χ2v) is 6.78. The lowest BCUT2D eigenvalue weighted by Crippen LogP contribution is -2.07. The van der Waals surface area contributed by atoms with Gasteiger partial charge in [0.05, 0.1) is 6.17 Å². The van der Waals surface area contributed by atoms with E-state index in [0.29, 0.717) is 24.2 Å². The molecule has 0 amide bonds. The molecule has 0 fully saturated rings. The first-order chi connectivity index (χ1) is 12.4.